The first-order valence-corrected chi connectivity index (χ1v) is 9.48. The molecule has 0 aliphatic carbocycles. The molecule has 0 bridgehead atoms. The third kappa shape index (κ3) is 3.42. The van der Waals surface area contributed by atoms with Crippen molar-refractivity contribution in [3.05, 3.63) is 0 Å². The zero-order chi connectivity index (χ0) is 15.7. The quantitative estimate of drug-likeness (QED) is 0.583. The van der Waals surface area contributed by atoms with Gasteiger partial charge in [-0.2, -0.15) is 0 Å². The van der Waals surface area contributed by atoms with E-state index < -0.39 is 14.6 Å². The summed E-state index contributed by atoms with van der Waals surface area (Å²) in [5, 5.41) is 0. The first-order chi connectivity index (χ1) is 9.72. The molecule has 0 saturated carbocycles. The van der Waals surface area contributed by atoms with Crippen LogP contribution in [0.2, 0.25) is 0 Å². The van der Waals surface area contributed by atoms with Crippen LogP contribution in [0, 0.1) is 5.92 Å². The van der Waals surface area contributed by atoms with Crippen LogP contribution in [-0.2, 0) is 19.3 Å². The van der Waals surface area contributed by atoms with Gasteiger partial charge in [0, 0.05) is 32.1 Å². The van der Waals surface area contributed by atoms with Crippen molar-refractivity contribution < 1.29 is 17.9 Å². The molecule has 2 unspecified atom stereocenters. The molecule has 2 aliphatic heterocycles. The van der Waals surface area contributed by atoms with Crippen LogP contribution in [0.4, 0.5) is 0 Å². The second-order valence-electron chi connectivity index (χ2n) is 6.92. The van der Waals surface area contributed by atoms with Gasteiger partial charge in [-0.15, -0.1) is 0 Å². The molecule has 0 amide bonds. The van der Waals surface area contributed by atoms with E-state index >= 15 is 0 Å². The zero-order valence-corrected chi connectivity index (χ0v) is 14.0. The molecule has 6 nitrogen and oxygen atoms in total. The van der Waals surface area contributed by atoms with Crippen molar-refractivity contribution in [2.75, 3.05) is 26.1 Å². The van der Waals surface area contributed by atoms with Gasteiger partial charge in [-0.05, 0) is 45.4 Å². The fourth-order valence-electron chi connectivity index (χ4n) is 3.58. The van der Waals surface area contributed by atoms with Crippen LogP contribution >= 0.6 is 0 Å². The summed E-state index contributed by atoms with van der Waals surface area (Å²) in [5.41, 5.74) is 2.61. The van der Waals surface area contributed by atoms with Crippen LogP contribution < -0.4 is 11.3 Å². The van der Waals surface area contributed by atoms with E-state index in [0.29, 0.717) is 19.8 Å². The third-order valence-electron chi connectivity index (χ3n) is 5.29. The molecule has 0 radical (unpaired) electrons. The standard InChI is InChI=1S/C14H28N2O4S/c1-13(2,21(3,17)18)12(16-15)11-4-7-20-14(10-11)5-8-19-9-6-14/h11-12,16H,4-10,15H2,1-3H3. The van der Waals surface area contributed by atoms with E-state index in [1.165, 1.54) is 6.26 Å². The fourth-order valence-corrected chi connectivity index (χ4v) is 4.30. The van der Waals surface area contributed by atoms with E-state index in [1.54, 1.807) is 13.8 Å². The molecule has 0 aromatic carbocycles. The highest BCUT2D eigenvalue weighted by Gasteiger charge is 2.48. The maximum Gasteiger partial charge on any atom is 0.154 e. The van der Waals surface area contributed by atoms with Gasteiger partial charge in [0.05, 0.1) is 10.3 Å². The molecule has 124 valence electrons. The Morgan fingerprint density at radius 2 is 1.90 bits per heavy atom. The third-order valence-corrected chi connectivity index (χ3v) is 7.46. The number of ether oxygens (including phenoxy) is 2. The van der Waals surface area contributed by atoms with Crippen LogP contribution in [-0.4, -0.2) is 50.9 Å². The first kappa shape index (κ1) is 17.1. The molecular weight excluding hydrogens is 292 g/mol. The van der Waals surface area contributed by atoms with Gasteiger partial charge in [0.1, 0.15) is 0 Å². The predicted molar refractivity (Wildman–Crippen MR) is 81.5 cm³/mol. The number of rotatable bonds is 4. The molecule has 3 N–H and O–H groups in total. The van der Waals surface area contributed by atoms with Gasteiger partial charge in [0.15, 0.2) is 9.84 Å². The molecule has 2 heterocycles. The van der Waals surface area contributed by atoms with E-state index in [0.717, 1.165) is 25.7 Å². The van der Waals surface area contributed by atoms with E-state index in [2.05, 4.69) is 5.43 Å². The second-order valence-corrected chi connectivity index (χ2v) is 9.51. The predicted octanol–water partition coefficient (Wildman–Crippen LogP) is 0.617. The molecule has 0 aromatic heterocycles. The van der Waals surface area contributed by atoms with Gasteiger partial charge in [0.2, 0.25) is 0 Å². The average Bonchev–Trinajstić information content (AvgIpc) is 2.39. The maximum absolute atomic E-state index is 12.1. The Hall–Kier alpha value is -0.210. The van der Waals surface area contributed by atoms with Crippen molar-refractivity contribution in [2.24, 2.45) is 11.8 Å². The molecular formula is C14H28N2O4S. The molecule has 0 aromatic rings. The minimum absolute atomic E-state index is 0.163. The summed E-state index contributed by atoms with van der Waals surface area (Å²) in [6.07, 6.45) is 4.70. The maximum atomic E-state index is 12.1. The summed E-state index contributed by atoms with van der Waals surface area (Å²) in [7, 11) is -3.21. The van der Waals surface area contributed by atoms with Crippen LogP contribution in [0.15, 0.2) is 0 Å². The lowest BCUT2D eigenvalue weighted by Gasteiger charge is -2.47. The molecule has 2 atom stereocenters. The molecule has 7 heteroatoms. The number of hydrogen-bond donors (Lipinski definition) is 2. The molecule has 1 spiro atoms. The highest BCUT2D eigenvalue weighted by Crippen LogP contribution is 2.41. The summed E-state index contributed by atoms with van der Waals surface area (Å²) >= 11 is 0. The SMILES string of the molecule is CC(C)(C(NN)C1CCOC2(CCOCC2)C1)S(C)(=O)=O. The lowest BCUT2D eigenvalue weighted by molar-refractivity contribution is -0.151. The largest absolute Gasteiger partial charge is 0.381 e. The van der Waals surface area contributed by atoms with Gasteiger partial charge in [-0.25, -0.2) is 8.42 Å². The van der Waals surface area contributed by atoms with Crippen LogP contribution in [0.5, 0.6) is 0 Å². The van der Waals surface area contributed by atoms with Crippen molar-refractivity contribution in [1.29, 1.82) is 0 Å². The number of hydrazine groups is 1. The van der Waals surface area contributed by atoms with E-state index in [4.69, 9.17) is 15.3 Å². The summed E-state index contributed by atoms with van der Waals surface area (Å²) in [5.74, 6) is 5.91. The van der Waals surface area contributed by atoms with E-state index in [1.807, 2.05) is 0 Å². The van der Waals surface area contributed by atoms with Crippen LogP contribution in [0.25, 0.3) is 0 Å². The van der Waals surface area contributed by atoms with E-state index in [-0.39, 0.29) is 17.6 Å². The zero-order valence-electron chi connectivity index (χ0n) is 13.2. The molecule has 2 aliphatic rings. The summed E-state index contributed by atoms with van der Waals surface area (Å²) in [6.45, 7) is 5.58. The van der Waals surface area contributed by atoms with Crippen molar-refractivity contribution in [3.63, 3.8) is 0 Å². The van der Waals surface area contributed by atoms with Gasteiger partial charge in [-0.1, -0.05) is 0 Å². The summed E-state index contributed by atoms with van der Waals surface area (Å²) in [6, 6.07) is -0.281. The number of nitrogens with two attached hydrogens (primary N) is 1. The average molecular weight is 320 g/mol. The Morgan fingerprint density at radius 3 is 2.43 bits per heavy atom. The van der Waals surface area contributed by atoms with Crippen molar-refractivity contribution >= 4 is 9.84 Å². The molecule has 2 rings (SSSR count). The normalized spacial score (nSPS) is 28.5. The Morgan fingerprint density at radius 1 is 1.29 bits per heavy atom. The minimum Gasteiger partial charge on any atom is -0.381 e. The lowest BCUT2D eigenvalue weighted by Crippen LogP contribution is -2.60. The fraction of sp³-hybridized carbons (Fsp3) is 1.00. The van der Waals surface area contributed by atoms with Gasteiger partial charge < -0.3 is 9.47 Å². The highest BCUT2D eigenvalue weighted by atomic mass is 32.2. The number of hydrogen-bond acceptors (Lipinski definition) is 6. The van der Waals surface area contributed by atoms with Gasteiger partial charge in [-0.3, -0.25) is 11.3 Å². The Bertz CT molecular complexity index is 452. The summed E-state index contributed by atoms with van der Waals surface area (Å²) in [4.78, 5) is 0. The molecule has 21 heavy (non-hydrogen) atoms. The second kappa shape index (κ2) is 6.12. The Labute approximate surface area is 127 Å². The van der Waals surface area contributed by atoms with Crippen molar-refractivity contribution in [2.45, 2.75) is 55.9 Å². The topological polar surface area (TPSA) is 90.7 Å². The van der Waals surface area contributed by atoms with Gasteiger partial charge in [0.25, 0.3) is 0 Å². The van der Waals surface area contributed by atoms with Crippen molar-refractivity contribution in [3.8, 4) is 0 Å². The number of nitrogens with one attached hydrogen (secondary N) is 1. The van der Waals surface area contributed by atoms with E-state index in [9.17, 15) is 8.42 Å². The van der Waals surface area contributed by atoms with Crippen molar-refractivity contribution in [1.82, 2.24) is 5.43 Å². The lowest BCUT2D eigenvalue weighted by atomic mass is 9.75. The van der Waals surface area contributed by atoms with Gasteiger partial charge >= 0.3 is 0 Å². The Balaban J connectivity index is 2.18. The highest BCUT2D eigenvalue weighted by molar-refractivity contribution is 7.92. The first-order valence-electron chi connectivity index (χ1n) is 7.59. The van der Waals surface area contributed by atoms with Crippen LogP contribution in [0.1, 0.15) is 39.5 Å². The minimum atomic E-state index is -3.21. The summed E-state index contributed by atoms with van der Waals surface area (Å²) < 4.78 is 34.8. The molecule has 2 fully saturated rings. The Kier molecular flexibility index (Phi) is 5.00. The molecule has 2 saturated heterocycles. The van der Waals surface area contributed by atoms with Crippen LogP contribution in [0.3, 0.4) is 0 Å². The number of sulfone groups is 1. The monoisotopic (exact) mass is 320 g/mol. The smallest absolute Gasteiger partial charge is 0.154 e.